The lowest BCUT2D eigenvalue weighted by molar-refractivity contribution is -0.119. The molecule has 0 radical (unpaired) electrons. The van der Waals surface area contributed by atoms with Crippen molar-refractivity contribution in [1.29, 1.82) is 0 Å². The summed E-state index contributed by atoms with van der Waals surface area (Å²) in [5.41, 5.74) is 2.87. The van der Waals surface area contributed by atoms with Gasteiger partial charge in [-0.3, -0.25) is 9.10 Å². The van der Waals surface area contributed by atoms with E-state index in [1.807, 2.05) is 6.92 Å². The Kier molecular flexibility index (Phi) is 8.85. The van der Waals surface area contributed by atoms with Crippen LogP contribution < -0.4 is 14.4 Å². The number of carbonyl (C=O) groups is 1. The van der Waals surface area contributed by atoms with Gasteiger partial charge in [-0.1, -0.05) is 35.9 Å². The van der Waals surface area contributed by atoms with E-state index in [1.54, 1.807) is 36.0 Å². The minimum absolute atomic E-state index is 0.267. The van der Waals surface area contributed by atoms with E-state index in [4.69, 9.17) is 4.74 Å². The number of sulfonamides is 1. The zero-order valence-electron chi connectivity index (χ0n) is 17.1. The first-order valence-electron chi connectivity index (χ1n) is 9.40. The van der Waals surface area contributed by atoms with Crippen LogP contribution in [0.3, 0.4) is 0 Å². The van der Waals surface area contributed by atoms with Crippen molar-refractivity contribution in [3.63, 3.8) is 0 Å². The molecule has 2 aromatic carbocycles. The second-order valence-electron chi connectivity index (χ2n) is 6.59. The summed E-state index contributed by atoms with van der Waals surface area (Å²) in [4.78, 5) is 12.3. The third-order valence-electron chi connectivity index (χ3n) is 4.06. The molecule has 1 N–H and O–H groups in total. The molecule has 0 saturated carbocycles. The van der Waals surface area contributed by atoms with Gasteiger partial charge in [0.05, 0.1) is 18.6 Å². The molecule has 0 aliphatic carbocycles. The molecule has 29 heavy (non-hydrogen) atoms. The lowest BCUT2D eigenvalue weighted by atomic mass is 10.2. The van der Waals surface area contributed by atoms with Crippen LogP contribution in [0, 0.1) is 6.92 Å². The number of anilines is 1. The number of benzene rings is 2. The van der Waals surface area contributed by atoms with Crippen LogP contribution in [0.2, 0.25) is 0 Å². The molecule has 0 bridgehead atoms. The van der Waals surface area contributed by atoms with E-state index < -0.39 is 10.0 Å². The fourth-order valence-electron chi connectivity index (χ4n) is 2.62. The van der Waals surface area contributed by atoms with Crippen LogP contribution >= 0.6 is 11.8 Å². The lowest BCUT2D eigenvalue weighted by Gasteiger charge is -2.22. The lowest BCUT2D eigenvalue weighted by Crippen LogP contribution is -2.41. The average molecular weight is 437 g/mol. The van der Waals surface area contributed by atoms with E-state index in [1.165, 1.54) is 11.1 Å². The summed E-state index contributed by atoms with van der Waals surface area (Å²) in [5.74, 6) is 1.84. The van der Waals surface area contributed by atoms with Gasteiger partial charge in [-0.2, -0.15) is 11.8 Å². The number of hydrogen-bond donors (Lipinski definition) is 1. The Hall–Kier alpha value is -2.19. The fourth-order valence-corrected chi connectivity index (χ4v) is 4.29. The number of amides is 1. The van der Waals surface area contributed by atoms with Crippen molar-refractivity contribution in [2.45, 2.75) is 19.6 Å². The summed E-state index contributed by atoms with van der Waals surface area (Å²) < 4.78 is 30.9. The van der Waals surface area contributed by atoms with Crippen LogP contribution in [-0.4, -0.2) is 46.0 Å². The number of ether oxygens (including phenoxy) is 1. The molecular formula is C21H28N2O4S2. The molecule has 0 unspecified atom stereocenters. The van der Waals surface area contributed by atoms with E-state index >= 15 is 0 Å². The molecule has 0 spiro atoms. The monoisotopic (exact) mass is 436 g/mol. The number of nitrogens with zero attached hydrogens (tertiary/aromatic N) is 1. The smallest absolute Gasteiger partial charge is 0.240 e. The van der Waals surface area contributed by atoms with Gasteiger partial charge >= 0.3 is 0 Å². The molecule has 158 valence electrons. The van der Waals surface area contributed by atoms with E-state index in [2.05, 4.69) is 36.5 Å². The van der Waals surface area contributed by atoms with Crippen molar-refractivity contribution in [1.82, 2.24) is 5.32 Å². The van der Waals surface area contributed by atoms with E-state index in [-0.39, 0.29) is 12.5 Å². The van der Waals surface area contributed by atoms with Gasteiger partial charge in [-0.05, 0) is 31.5 Å². The summed E-state index contributed by atoms with van der Waals surface area (Å²) in [6.45, 7) is 4.59. The Morgan fingerprint density at radius 2 is 1.90 bits per heavy atom. The number of thioether (sulfide) groups is 1. The maximum Gasteiger partial charge on any atom is 0.240 e. The zero-order chi connectivity index (χ0) is 21.3. The largest absolute Gasteiger partial charge is 0.494 e. The molecule has 0 saturated heterocycles. The molecule has 2 rings (SSSR count). The van der Waals surface area contributed by atoms with Crippen molar-refractivity contribution < 1.29 is 17.9 Å². The summed E-state index contributed by atoms with van der Waals surface area (Å²) in [5, 5.41) is 2.79. The van der Waals surface area contributed by atoms with Gasteiger partial charge in [0, 0.05) is 24.1 Å². The van der Waals surface area contributed by atoms with E-state index in [0.29, 0.717) is 24.6 Å². The number of rotatable bonds is 11. The highest BCUT2D eigenvalue weighted by Gasteiger charge is 2.21. The molecule has 0 aliphatic heterocycles. The third-order valence-corrected chi connectivity index (χ3v) is 6.23. The Morgan fingerprint density at radius 1 is 1.17 bits per heavy atom. The van der Waals surface area contributed by atoms with Crippen LogP contribution in [0.1, 0.15) is 18.1 Å². The maximum atomic E-state index is 12.3. The number of aryl methyl sites for hydroxylation is 1. The van der Waals surface area contributed by atoms with Crippen molar-refractivity contribution >= 4 is 33.4 Å². The summed E-state index contributed by atoms with van der Waals surface area (Å²) in [6, 6.07) is 15.1. The Labute approximate surface area is 177 Å². The number of nitrogens with one attached hydrogen (secondary N) is 1. The van der Waals surface area contributed by atoms with Crippen LogP contribution in [0.15, 0.2) is 48.5 Å². The fraction of sp³-hybridized carbons (Fsp3) is 0.381. The molecule has 0 aromatic heterocycles. The maximum absolute atomic E-state index is 12.3. The average Bonchev–Trinajstić information content (AvgIpc) is 2.67. The molecule has 0 aliphatic rings. The van der Waals surface area contributed by atoms with Gasteiger partial charge in [-0.15, -0.1) is 0 Å². The molecule has 0 atom stereocenters. The highest BCUT2D eigenvalue weighted by molar-refractivity contribution is 7.98. The molecule has 1 amide bonds. The third kappa shape index (κ3) is 7.98. The van der Waals surface area contributed by atoms with Gasteiger partial charge in [0.2, 0.25) is 15.9 Å². The van der Waals surface area contributed by atoms with Crippen LogP contribution in [0.25, 0.3) is 0 Å². The second-order valence-corrected chi connectivity index (χ2v) is 9.60. The molecule has 8 heteroatoms. The second kappa shape index (κ2) is 11.1. The van der Waals surface area contributed by atoms with E-state index in [0.717, 1.165) is 22.1 Å². The number of hydrogen-bond acceptors (Lipinski definition) is 5. The van der Waals surface area contributed by atoms with Crippen molar-refractivity contribution in [3.05, 3.63) is 59.7 Å². The van der Waals surface area contributed by atoms with Crippen LogP contribution in [-0.2, 0) is 20.6 Å². The van der Waals surface area contributed by atoms with Crippen LogP contribution in [0.5, 0.6) is 5.75 Å². The highest BCUT2D eigenvalue weighted by Crippen LogP contribution is 2.23. The van der Waals surface area contributed by atoms with Crippen molar-refractivity contribution in [2.75, 3.05) is 36.0 Å². The summed E-state index contributed by atoms with van der Waals surface area (Å²) in [7, 11) is -3.61. The SMILES string of the molecule is CCOc1cccc(N(CC(=O)NCCSCc2ccc(C)cc2)S(C)(=O)=O)c1. The first-order chi connectivity index (χ1) is 13.8. The van der Waals surface area contributed by atoms with Gasteiger partial charge in [-0.25, -0.2) is 8.42 Å². The van der Waals surface area contributed by atoms with Gasteiger partial charge in [0.1, 0.15) is 12.3 Å². The minimum atomic E-state index is -3.61. The summed E-state index contributed by atoms with van der Waals surface area (Å²) in [6.07, 6.45) is 1.09. The standard InChI is InChI=1S/C21H28N2O4S2/c1-4-27-20-7-5-6-19(14-20)23(29(3,25)26)15-21(24)22-12-13-28-16-18-10-8-17(2)9-11-18/h5-11,14H,4,12-13,15-16H2,1-3H3,(H,22,24). The van der Waals surface area contributed by atoms with Crippen molar-refractivity contribution in [3.8, 4) is 5.75 Å². The topological polar surface area (TPSA) is 75.7 Å². The number of carbonyl (C=O) groups excluding carboxylic acids is 1. The Bertz CT molecular complexity index is 899. The minimum Gasteiger partial charge on any atom is -0.494 e. The molecule has 2 aromatic rings. The quantitative estimate of drug-likeness (QED) is 0.548. The predicted octanol–water partition coefficient (Wildman–Crippen LogP) is 3.21. The molecule has 6 nitrogen and oxygen atoms in total. The predicted molar refractivity (Wildman–Crippen MR) is 120 cm³/mol. The molecule has 0 fully saturated rings. The zero-order valence-corrected chi connectivity index (χ0v) is 18.7. The Balaban J connectivity index is 1.85. The first-order valence-corrected chi connectivity index (χ1v) is 12.4. The van der Waals surface area contributed by atoms with Gasteiger partial charge in [0.25, 0.3) is 0 Å². The van der Waals surface area contributed by atoms with Crippen molar-refractivity contribution in [2.24, 2.45) is 0 Å². The molecule has 0 heterocycles. The first kappa shape index (κ1) is 23.1. The van der Waals surface area contributed by atoms with Gasteiger partial charge < -0.3 is 10.1 Å². The molecular weight excluding hydrogens is 408 g/mol. The van der Waals surface area contributed by atoms with Gasteiger partial charge in [0.15, 0.2) is 0 Å². The Morgan fingerprint density at radius 3 is 2.55 bits per heavy atom. The summed E-state index contributed by atoms with van der Waals surface area (Å²) >= 11 is 1.72. The van der Waals surface area contributed by atoms with E-state index in [9.17, 15) is 13.2 Å². The normalized spacial score (nSPS) is 11.1. The van der Waals surface area contributed by atoms with Crippen LogP contribution in [0.4, 0.5) is 5.69 Å². The highest BCUT2D eigenvalue weighted by atomic mass is 32.2.